The molecule has 4 bridgehead atoms. The summed E-state index contributed by atoms with van der Waals surface area (Å²) in [4.78, 5) is 2.88. The molecule has 1 saturated heterocycles. The van der Waals surface area contributed by atoms with Crippen molar-refractivity contribution in [3.63, 3.8) is 0 Å². The second-order valence-corrected chi connectivity index (χ2v) is 7.46. The molecule has 18 heavy (non-hydrogen) atoms. The van der Waals surface area contributed by atoms with Gasteiger partial charge in [0.15, 0.2) is 0 Å². The molecule has 0 aromatic rings. The monoisotopic (exact) mass is 248 g/mol. The van der Waals surface area contributed by atoms with Crippen molar-refractivity contribution in [2.75, 3.05) is 19.6 Å². The van der Waals surface area contributed by atoms with Crippen molar-refractivity contribution in [2.24, 2.45) is 23.7 Å². The van der Waals surface area contributed by atoms with Crippen LogP contribution in [0, 0.1) is 23.7 Å². The van der Waals surface area contributed by atoms with Gasteiger partial charge in [-0.3, -0.25) is 4.90 Å². The van der Waals surface area contributed by atoms with Crippen LogP contribution in [0.2, 0.25) is 0 Å². The van der Waals surface area contributed by atoms with E-state index in [1.54, 1.807) is 32.1 Å². The van der Waals surface area contributed by atoms with E-state index >= 15 is 0 Å². The van der Waals surface area contributed by atoms with E-state index in [0.717, 1.165) is 42.3 Å². The number of rotatable bonds is 3. The number of nitrogens with one attached hydrogen (secondary N) is 1. The van der Waals surface area contributed by atoms with E-state index in [2.05, 4.69) is 17.1 Å². The third-order valence-electron chi connectivity index (χ3n) is 6.31. The van der Waals surface area contributed by atoms with Crippen LogP contribution in [0.1, 0.15) is 45.4 Å². The van der Waals surface area contributed by atoms with Gasteiger partial charge in [-0.05, 0) is 68.7 Å². The van der Waals surface area contributed by atoms with Crippen LogP contribution in [0.4, 0.5) is 0 Å². The fourth-order valence-corrected chi connectivity index (χ4v) is 6.01. The zero-order valence-electron chi connectivity index (χ0n) is 11.8. The Morgan fingerprint density at radius 1 is 1.00 bits per heavy atom. The Labute approximate surface area is 111 Å². The standard InChI is InChI=1S/C16H28N2/c1-2-17-15-3-4-18(10-15)16-13-6-11-5-12(8-13)9-14(16)7-11/h11-17H,2-10H2,1H3. The highest BCUT2D eigenvalue weighted by atomic mass is 15.2. The molecule has 4 aliphatic carbocycles. The van der Waals surface area contributed by atoms with Gasteiger partial charge in [-0.25, -0.2) is 0 Å². The highest BCUT2D eigenvalue weighted by molar-refractivity contribution is 5.03. The van der Waals surface area contributed by atoms with Gasteiger partial charge < -0.3 is 5.32 Å². The van der Waals surface area contributed by atoms with Gasteiger partial charge in [0.1, 0.15) is 0 Å². The lowest BCUT2D eigenvalue weighted by Crippen LogP contribution is -2.55. The predicted molar refractivity (Wildman–Crippen MR) is 74.5 cm³/mol. The largest absolute Gasteiger partial charge is 0.313 e. The third kappa shape index (κ3) is 1.84. The molecule has 4 saturated carbocycles. The Kier molecular flexibility index (Phi) is 2.92. The summed E-state index contributed by atoms with van der Waals surface area (Å²) >= 11 is 0. The van der Waals surface area contributed by atoms with Crippen molar-refractivity contribution in [1.29, 1.82) is 0 Å². The lowest BCUT2D eigenvalue weighted by Gasteiger charge is -2.56. The maximum absolute atomic E-state index is 3.66. The highest BCUT2D eigenvalue weighted by Gasteiger charge is 2.50. The van der Waals surface area contributed by atoms with Crippen molar-refractivity contribution < 1.29 is 0 Å². The van der Waals surface area contributed by atoms with Gasteiger partial charge in [-0.2, -0.15) is 0 Å². The quantitative estimate of drug-likeness (QED) is 0.825. The Hall–Kier alpha value is -0.0800. The van der Waals surface area contributed by atoms with Crippen molar-refractivity contribution in [3.05, 3.63) is 0 Å². The molecule has 1 aliphatic heterocycles. The van der Waals surface area contributed by atoms with Crippen LogP contribution in [0.15, 0.2) is 0 Å². The van der Waals surface area contributed by atoms with Gasteiger partial charge in [0.25, 0.3) is 0 Å². The molecule has 5 fully saturated rings. The van der Waals surface area contributed by atoms with E-state index in [0.29, 0.717) is 0 Å². The number of likely N-dealkylation sites (N-methyl/N-ethyl adjacent to an activating group) is 1. The van der Waals surface area contributed by atoms with Crippen molar-refractivity contribution in [1.82, 2.24) is 10.2 Å². The molecule has 1 N–H and O–H groups in total. The minimum atomic E-state index is 0.784. The normalized spacial score (nSPS) is 51.2. The second-order valence-electron chi connectivity index (χ2n) is 7.46. The summed E-state index contributed by atoms with van der Waals surface area (Å²) in [5, 5.41) is 3.66. The fourth-order valence-electron chi connectivity index (χ4n) is 6.01. The van der Waals surface area contributed by atoms with E-state index in [1.807, 2.05) is 0 Å². The Balaban J connectivity index is 1.46. The maximum atomic E-state index is 3.66. The zero-order chi connectivity index (χ0) is 12.1. The molecule has 1 atom stereocenters. The van der Waals surface area contributed by atoms with Crippen LogP contribution in [-0.2, 0) is 0 Å². The first-order chi connectivity index (χ1) is 8.83. The molecule has 102 valence electrons. The van der Waals surface area contributed by atoms with Gasteiger partial charge in [0, 0.05) is 25.2 Å². The molecule has 0 radical (unpaired) electrons. The summed E-state index contributed by atoms with van der Waals surface area (Å²) in [7, 11) is 0. The number of hydrogen-bond acceptors (Lipinski definition) is 2. The Morgan fingerprint density at radius 3 is 2.28 bits per heavy atom. The van der Waals surface area contributed by atoms with Crippen LogP contribution >= 0.6 is 0 Å². The number of likely N-dealkylation sites (tertiary alicyclic amines) is 1. The smallest absolute Gasteiger partial charge is 0.0207 e. The first kappa shape index (κ1) is 11.7. The van der Waals surface area contributed by atoms with Gasteiger partial charge in [-0.1, -0.05) is 6.92 Å². The summed E-state index contributed by atoms with van der Waals surface area (Å²) in [6.07, 6.45) is 9.25. The first-order valence-electron chi connectivity index (χ1n) is 8.31. The first-order valence-corrected chi connectivity index (χ1v) is 8.31. The number of hydrogen-bond donors (Lipinski definition) is 1. The van der Waals surface area contributed by atoms with E-state index in [9.17, 15) is 0 Å². The van der Waals surface area contributed by atoms with E-state index < -0.39 is 0 Å². The van der Waals surface area contributed by atoms with E-state index in [-0.39, 0.29) is 0 Å². The van der Waals surface area contributed by atoms with E-state index in [4.69, 9.17) is 0 Å². The maximum Gasteiger partial charge on any atom is 0.0207 e. The molecule has 0 aromatic heterocycles. The lowest BCUT2D eigenvalue weighted by molar-refractivity contribution is -0.0587. The molecular formula is C16H28N2. The third-order valence-corrected chi connectivity index (χ3v) is 6.31. The molecule has 2 heteroatoms. The van der Waals surface area contributed by atoms with E-state index in [1.165, 1.54) is 19.5 Å². The molecule has 5 aliphatic rings. The van der Waals surface area contributed by atoms with Crippen molar-refractivity contribution in [3.8, 4) is 0 Å². The van der Waals surface area contributed by atoms with Crippen LogP contribution in [0.5, 0.6) is 0 Å². The van der Waals surface area contributed by atoms with Crippen LogP contribution in [-0.4, -0.2) is 36.6 Å². The SMILES string of the molecule is CCNC1CCN(C2C3CC4CC(C3)CC2C4)C1. The molecular weight excluding hydrogens is 220 g/mol. The van der Waals surface area contributed by atoms with Gasteiger partial charge in [0.05, 0.1) is 0 Å². The minimum absolute atomic E-state index is 0.784. The predicted octanol–water partition coefficient (Wildman–Crippen LogP) is 2.49. The molecule has 0 amide bonds. The lowest BCUT2D eigenvalue weighted by atomic mass is 9.54. The average molecular weight is 248 g/mol. The summed E-state index contributed by atoms with van der Waals surface area (Å²) in [6, 6.07) is 1.76. The Bertz CT molecular complexity index is 286. The van der Waals surface area contributed by atoms with Crippen LogP contribution in [0.3, 0.4) is 0 Å². The van der Waals surface area contributed by atoms with Crippen molar-refractivity contribution >= 4 is 0 Å². The molecule has 0 spiro atoms. The summed E-state index contributed by atoms with van der Waals surface area (Å²) in [5.41, 5.74) is 0. The van der Waals surface area contributed by atoms with Gasteiger partial charge in [0.2, 0.25) is 0 Å². The zero-order valence-corrected chi connectivity index (χ0v) is 11.8. The van der Waals surface area contributed by atoms with Gasteiger partial charge >= 0.3 is 0 Å². The fraction of sp³-hybridized carbons (Fsp3) is 1.00. The molecule has 0 aromatic carbocycles. The summed E-state index contributed by atoms with van der Waals surface area (Å²) in [5.74, 6) is 4.38. The molecule has 1 heterocycles. The topological polar surface area (TPSA) is 15.3 Å². The van der Waals surface area contributed by atoms with Gasteiger partial charge in [-0.15, -0.1) is 0 Å². The van der Waals surface area contributed by atoms with Crippen LogP contribution in [0.25, 0.3) is 0 Å². The van der Waals surface area contributed by atoms with Crippen LogP contribution < -0.4 is 5.32 Å². The summed E-state index contributed by atoms with van der Waals surface area (Å²) in [6.45, 7) is 6.08. The second kappa shape index (κ2) is 4.49. The summed E-state index contributed by atoms with van der Waals surface area (Å²) < 4.78 is 0. The Morgan fingerprint density at radius 2 is 1.67 bits per heavy atom. The molecule has 5 rings (SSSR count). The number of nitrogens with zero attached hydrogens (tertiary/aromatic N) is 1. The molecule has 2 nitrogen and oxygen atoms in total. The minimum Gasteiger partial charge on any atom is -0.313 e. The highest BCUT2D eigenvalue weighted by Crippen LogP contribution is 2.55. The van der Waals surface area contributed by atoms with Crippen molar-refractivity contribution in [2.45, 2.75) is 57.5 Å². The average Bonchev–Trinajstić information content (AvgIpc) is 2.76. The molecule has 1 unspecified atom stereocenters.